The van der Waals surface area contributed by atoms with Crippen LogP contribution in [0.15, 0.2) is 42.5 Å². The molecular formula is C15H14ClN3OS. The molecule has 0 fully saturated rings. The number of amides is 2. The van der Waals surface area contributed by atoms with Crippen molar-refractivity contribution in [3.8, 4) is 0 Å². The third-order valence-electron chi connectivity index (χ3n) is 2.85. The van der Waals surface area contributed by atoms with Crippen LogP contribution in [0, 0.1) is 6.92 Å². The van der Waals surface area contributed by atoms with E-state index in [0.717, 1.165) is 5.56 Å². The number of hydrogen-bond acceptors (Lipinski definition) is 2. The standard InChI is InChI=1S/C15H14ClN3OS/c1-9-5-6-10(14(17)21)7-13(9)19-15(20)18-12-4-2-3-11(16)8-12/h2-8H,1H3,(H2,17,21)(H2,18,19,20). The van der Waals surface area contributed by atoms with E-state index in [9.17, 15) is 4.79 Å². The molecule has 0 aliphatic rings. The molecule has 0 aliphatic carbocycles. The van der Waals surface area contributed by atoms with Gasteiger partial charge in [-0.3, -0.25) is 0 Å². The third kappa shape index (κ3) is 4.18. The van der Waals surface area contributed by atoms with E-state index in [2.05, 4.69) is 10.6 Å². The molecule has 21 heavy (non-hydrogen) atoms. The van der Waals surface area contributed by atoms with Gasteiger partial charge in [-0.2, -0.15) is 0 Å². The number of carbonyl (C=O) groups is 1. The Hall–Kier alpha value is -2.11. The SMILES string of the molecule is Cc1ccc(C(N)=S)cc1NC(=O)Nc1cccc(Cl)c1. The minimum atomic E-state index is -0.361. The van der Waals surface area contributed by atoms with Crippen molar-refractivity contribution in [1.29, 1.82) is 0 Å². The van der Waals surface area contributed by atoms with Gasteiger partial charge in [-0.1, -0.05) is 42.0 Å². The highest BCUT2D eigenvalue weighted by atomic mass is 35.5. The summed E-state index contributed by atoms with van der Waals surface area (Å²) in [5, 5.41) is 6.03. The number of anilines is 2. The van der Waals surface area contributed by atoms with E-state index in [-0.39, 0.29) is 11.0 Å². The van der Waals surface area contributed by atoms with Crippen LogP contribution in [0.2, 0.25) is 5.02 Å². The summed E-state index contributed by atoms with van der Waals surface area (Å²) in [4.78, 5) is 12.3. The van der Waals surface area contributed by atoms with E-state index in [0.29, 0.717) is 22.0 Å². The van der Waals surface area contributed by atoms with Crippen molar-refractivity contribution >= 4 is 46.2 Å². The fourth-order valence-corrected chi connectivity index (χ4v) is 2.08. The second-order valence-electron chi connectivity index (χ2n) is 4.48. The summed E-state index contributed by atoms with van der Waals surface area (Å²) in [5.41, 5.74) is 8.47. The van der Waals surface area contributed by atoms with E-state index < -0.39 is 0 Å². The first-order valence-corrected chi connectivity index (χ1v) is 6.98. The number of aryl methyl sites for hydroxylation is 1. The van der Waals surface area contributed by atoms with Crippen molar-refractivity contribution in [3.05, 3.63) is 58.6 Å². The molecule has 0 aromatic heterocycles. The van der Waals surface area contributed by atoms with Crippen LogP contribution < -0.4 is 16.4 Å². The molecule has 0 saturated carbocycles. The van der Waals surface area contributed by atoms with E-state index in [1.165, 1.54) is 0 Å². The summed E-state index contributed by atoms with van der Waals surface area (Å²) >= 11 is 10.8. The molecule has 0 spiro atoms. The summed E-state index contributed by atoms with van der Waals surface area (Å²) in [5.74, 6) is 0. The lowest BCUT2D eigenvalue weighted by atomic mass is 10.1. The van der Waals surface area contributed by atoms with Crippen LogP contribution >= 0.6 is 23.8 Å². The van der Waals surface area contributed by atoms with Crippen LogP contribution in [0.5, 0.6) is 0 Å². The second kappa shape index (κ2) is 6.56. The van der Waals surface area contributed by atoms with Crippen molar-refractivity contribution < 1.29 is 4.79 Å². The molecule has 0 atom stereocenters. The fourth-order valence-electron chi connectivity index (χ4n) is 1.76. The van der Waals surface area contributed by atoms with Crippen molar-refractivity contribution in [3.63, 3.8) is 0 Å². The Morgan fingerprint density at radius 3 is 2.62 bits per heavy atom. The Morgan fingerprint density at radius 2 is 1.95 bits per heavy atom. The van der Waals surface area contributed by atoms with Gasteiger partial charge >= 0.3 is 6.03 Å². The van der Waals surface area contributed by atoms with Gasteiger partial charge in [0.15, 0.2) is 0 Å². The van der Waals surface area contributed by atoms with Crippen molar-refractivity contribution in [2.75, 3.05) is 10.6 Å². The zero-order chi connectivity index (χ0) is 15.4. The second-order valence-corrected chi connectivity index (χ2v) is 5.36. The lowest BCUT2D eigenvalue weighted by Gasteiger charge is -2.11. The van der Waals surface area contributed by atoms with Gasteiger partial charge in [-0.15, -0.1) is 0 Å². The molecule has 0 aliphatic heterocycles. The predicted molar refractivity (Wildman–Crippen MR) is 91.2 cm³/mol. The third-order valence-corrected chi connectivity index (χ3v) is 3.32. The van der Waals surface area contributed by atoms with Crippen molar-refractivity contribution in [2.45, 2.75) is 6.92 Å². The number of nitrogens with one attached hydrogen (secondary N) is 2. The summed E-state index contributed by atoms with van der Waals surface area (Å²) in [6, 6.07) is 12.0. The van der Waals surface area contributed by atoms with Crippen LogP contribution in [-0.4, -0.2) is 11.0 Å². The molecule has 0 bridgehead atoms. The van der Waals surface area contributed by atoms with Gasteiger partial charge in [-0.05, 0) is 36.8 Å². The molecule has 6 heteroatoms. The first kappa shape index (κ1) is 15.3. The Bertz CT molecular complexity index is 703. The maximum absolute atomic E-state index is 12.0. The molecule has 4 nitrogen and oxygen atoms in total. The number of rotatable bonds is 3. The first-order valence-electron chi connectivity index (χ1n) is 6.20. The zero-order valence-corrected chi connectivity index (χ0v) is 12.9. The van der Waals surface area contributed by atoms with Gasteiger partial charge in [0.25, 0.3) is 0 Å². The number of urea groups is 1. The van der Waals surface area contributed by atoms with Crippen LogP contribution in [0.1, 0.15) is 11.1 Å². The summed E-state index contributed by atoms with van der Waals surface area (Å²) in [7, 11) is 0. The number of benzene rings is 2. The molecule has 108 valence electrons. The maximum atomic E-state index is 12.0. The monoisotopic (exact) mass is 319 g/mol. The van der Waals surface area contributed by atoms with E-state index in [1.54, 1.807) is 30.3 Å². The summed E-state index contributed by atoms with van der Waals surface area (Å²) in [6.07, 6.45) is 0. The Balaban J connectivity index is 2.12. The predicted octanol–water partition coefficient (Wildman–Crippen LogP) is 3.93. The van der Waals surface area contributed by atoms with Gasteiger partial charge in [-0.25, -0.2) is 4.79 Å². The number of carbonyl (C=O) groups excluding carboxylic acids is 1. The van der Waals surface area contributed by atoms with Crippen molar-refractivity contribution in [1.82, 2.24) is 0 Å². The summed E-state index contributed by atoms with van der Waals surface area (Å²) < 4.78 is 0. The largest absolute Gasteiger partial charge is 0.389 e. The zero-order valence-electron chi connectivity index (χ0n) is 11.3. The molecule has 2 rings (SSSR count). The maximum Gasteiger partial charge on any atom is 0.323 e. The van der Waals surface area contributed by atoms with Gasteiger partial charge in [0.2, 0.25) is 0 Å². The minimum Gasteiger partial charge on any atom is -0.389 e. The van der Waals surface area contributed by atoms with Crippen molar-refractivity contribution in [2.24, 2.45) is 5.73 Å². The van der Waals surface area contributed by atoms with E-state index >= 15 is 0 Å². The first-order chi connectivity index (χ1) is 9.95. The van der Waals surface area contributed by atoms with Gasteiger partial charge in [0.05, 0.1) is 0 Å². The molecule has 2 aromatic carbocycles. The molecule has 0 saturated heterocycles. The van der Waals surface area contributed by atoms with Crippen LogP contribution in [0.3, 0.4) is 0 Å². The highest BCUT2D eigenvalue weighted by molar-refractivity contribution is 7.80. The smallest absolute Gasteiger partial charge is 0.323 e. The number of hydrogen-bond donors (Lipinski definition) is 3. The number of halogens is 1. The molecule has 2 amide bonds. The van der Waals surface area contributed by atoms with E-state index in [1.807, 2.05) is 19.1 Å². The molecule has 0 radical (unpaired) electrons. The van der Waals surface area contributed by atoms with Crippen LogP contribution in [0.25, 0.3) is 0 Å². The van der Waals surface area contributed by atoms with Gasteiger partial charge in [0, 0.05) is 22.0 Å². The lowest BCUT2D eigenvalue weighted by molar-refractivity contribution is 0.262. The fraction of sp³-hybridized carbons (Fsp3) is 0.0667. The number of nitrogens with two attached hydrogens (primary N) is 1. The highest BCUT2D eigenvalue weighted by Gasteiger charge is 2.07. The average Bonchev–Trinajstić information content (AvgIpc) is 2.41. The normalized spacial score (nSPS) is 10.0. The Labute approximate surface area is 133 Å². The topological polar surface area (TPSA) is 67.1 Å². The van der Waals surface area contributed by atoms with Gasteiger partial charge < -0.3 is 16.4 Å². The molecule has 0 unspecified atom stereocenters. The van der Waals surface area contributed by atoms with Crippen LogP contribution in [0.4, 0.5) is 16.2 Å². The molecular weight excluding hydrogens is 306 g/mol. The van der Waals surface area contributed by atoms with Gasteiger partial charge in [0.1, 0.15) is 4.99 Å². The molecule has 4 N–H and O–H groups in total. The summed E-state index contributed by atoms with van der Waals surface area (Å²) in [6.45, 7) is 1.89. The Morgan fingerprint density at radius 1 is 1.19 bits per heavy atom. The quantitative estimate of drug-likeness (QED) is 0.751. The Kier molecular flexibility index (Phi) is 4.77. The van der Waals surface area contributed by atoms with E-state index in [4.69, 9.17) is 29.6 Å². The highest BCUT2D eigenvalue weighted by Crippen LogP contribution is 2.18. The molecule has 0 heterocycles. The van der Waals surface area contributed by atoms with Crippen LogP contribution in [-0.2, 0) is 0 Å². The number of thiocarbonyl (C=S) groups is 1. The lowest BCUT2D eigenvalue weighted by Crippen LogP contribution is -2.20. The minimum absolute atomic E-state index is 0.285. The average molecular weight is 320 g/mol. The molecule has 2 aromatic rings.